The molecule has 21 heavy (non-hydrogen) atoms. The molecule has 2 rings (SSSR count). The van der Waals surface area contributed by atoms with Gasteiger partial charge in [0.05, 0.1) is 11.4 Å². The molecule has 0 atom stereocenters. The average molecular weight is 322 g/mol. The first-order valence-electron chi connectivity index (χ1n) is 6.55. The van der Waals surface area contributed by atoms with E-state index in [9.17, 15) is 4.79 Å². The molecular weight excluding hydrogens is 306 g/mol. The van der Waals surface area contributed by atoms with Crippen LogP contribution in [0.15, 0.2) is 41.4 Å². The third kappa shape index (κ3) is 4.37. The summed E-state index contributed by atoms with van der Waals surface area (Å²) >= 11 is 7.52. The van der Waals surface area contributed by atoms with Crippen LogP contribution in [0.4, 0.5) is 11.4 Å². The molecule has 0 aliphatic carbocycles. The molecule has 1 heterocycles. The van der Waals surface area contributed by atoms with E-state index in [1.807, 2.05) is 18.2 Å². The first-order chi connectivity index (χ1) is 10.1. The van der Waals surface area contributed by atoms with Crippen molar-refractivity contribution >= 4 is 40.6 Å². The molecule has 0 spiro atoms. The van der Waals surface area contributed by atoms with E-state index >= 15 is 0 Å². The monoisotopic (exact) mass is 321 g/mol. The summed E-state index contributed by atoms with van der Waals surface area (Å²) in [6.07, 6.45) is 2.59. The molecule has 1 amide bonds. The molecule has 1 aromatic heterocycles. The van der Waals surface area contributed by atoms with Crippen LogP contribution < -0.4 is 11.1 Å². The second-order valence-electron chi connectivity index (χ2n) is 4.42. The molecule has 1 aromatic carbocycles. The van der Waals surface area contributed by atoms with Crippen molar-refractivity contribution in [3.05, 3.63) is 47.2 Å². The highest BCUT2D eigenvalue weighted by molar-refractivity contribution is 7.99. The quantitative estimate of drug-likeness (QED) is 0.495. The van der Waals surface area contributed by atoms with Crippen molar-refractivity contribution < 1.29 is 4.79 Å². The molecule has 0 unspecified atom stereocenters. The van der Waals surface area contributed by atoms with E-state index in [0.29, 0.717) is 16.9 Å². The molecule has 0 aliphatic rings. The number of anilines is 2. The van der Waals surface area contributed by atoms with Gasteiger partial charge in [-0.15, -0.1) is 11.8 Å². The molecule has 0 bridgehead atoms. The van der Waals surface area contributed by atoms with Crippen molar-refractivity contribution in [1.82, 2.24) is 4.98 Å². The van der Waals surface area contributed by atoms with Crippen LogP contribution >= 0.6 is 23.4 Å². The predicted octanol–water partition coefficient (Wildman–Crippen LogP) is 4.07. The SMILES string of the molecule is CCCSc1ccc(NC(=O)c2ccnc(Cl)c2)c(N)c1. The largest absolute Gasteiger partial charge is 0.397 e. The Kier molecular flexibility index (Phi) is 5.47. The predicted molar refractivity (Wildman–Crippen MR) is 89.1 cm³/mol. The zero-order valence-electron chi connectivity index (χ0n) is 11.6. The number of nitrogen functional groups attached to an aromatic ring is 1. The van der Waals surface area contributed by atoms with Crippen LogP contribution in [0, 0.1) is 0 Å². The van der Waals surface area contributed by atoms with E-state index in [2.05, 4.69) is 17.2 Å². The summed E-state index contributed by atoms with van der Waals surface area (Å²) in [6, 6.07) is 8.75. The van der Waals surface area contributed by atoms with Gasteiger partial charge in [-0.1, -0.05) is 18.5 Å². The van der Waals surface area contributed by atoms with Crippen molar-refractivity contribution in [3.63, 3.8) is 0 Å². The number of nitrogens with two attached hydrogens (primary N) is 1. The standard InChI is InChI=1S/C15H16ClN3OS/c1-2-7-21-11-3-4-13(12(17)9-11)19-15(20)10-5-6-18-14(16)8-10/h3-6,8-9H,2,7,17H2,1H3,(H,19,20). The van der Waals surface area contributed by atoms with Gasteiger partial charge in [-0.25, -0.2) is 4.98 Å². The summed E-state index contributed by atoms with van der Waals surface area (Å²) in [7, 11) is 0. The Morgan fingerprint density at radius 3 is 2.86 bits per heavy atom. The van der Waals surface area contributed by atoms with Crippen LogP contribution in [0.5, 0.6) is 0 Å². The normalized spacial score (nSPS) is 10.4. The van der Waals surface area contributed by atoms with Crippen molar-refractivity contribution in [2.45, 2.75) is 18.2 Å². The van der Waals surface area contributed by atoms with Gasteiger partial charge < -0.3 is 11.1 Å². The fourth-order valence-corrected chi connectivity index (χ4v) is 2.69. The molecular formula is C15H16ClN3OS. The minimum absolute atomic E-state index is 0.264. The summed E-state index contributed by atoms with van der Waals surface area (Å²) in [4.78, 5) is 17.1. The van der Waals surface area contributed by atoms with Gasteiger partial charge in [0.2, 0.25) is 0 Å². The number of rotatable bonds is 5. The minimum Gasteiger partial charge on any atom is -0.397 e. The third-order valence-electron chi connectivity index (χ3n) is 2.73. The zero-order valence-corrected chi connectivity index (χ0v) is 13.2. The number of nitrogens with one attached hydrogen (secondary N) is 1. The van der Waals surface area contributed by atoms with Gasteiger partial charge in [-0.3, -0.25) is 4.79 Å². The number of carbonyl (C=O) groups excluding carboxylic acids is 1. The highest BCUT2D eigenvalue weighted by Gasteiger charge is 2.09. The van der Waals surface area contributed by atoms with E-state index in [0.717, 1.165) is 17.1 Å². The fraction of sp³-hybridized carbons (Fsp3) is 0.200. The number of aromatic nitrogens is 1. The number of hydrogen-bond donors (Lipinski definition) is 2. The highest BCUT2D eigenvalue weighted by atomic mass is 35.5. The first kappa shape index (κ1) is 15.7. The summed E-state index contributed by atoms with van der Waals surface area (Å²) in [5, 5.41) is 3.06. The molecule has 0 fully saturated rings. The van der Waals surface area contributed by atoms with Crippen molar-refractivity contribution in [2.24, 2.45) is 0 Å². The Labute approximate surface area is 133 Å². The number of amides is 1. The lowest BCUT2D eigenvalue weighted by molar-refractivity contribution is 0.102. The number of halogens is 1. The van der Waals surface area contributed by atoms with Crippen LogP contribution in [0.25, 0.3) is 0 Å². The minimum atomic E-state index is -0.264. The molecule has 3 N–H and O–H groups in total. The molecule has 0 radical (unpaired) electrons. The molecule has 0 aliphatic heterocycles. The average Bonchev–Trinajstić information content (AvgIpc) is 2.47. The van der Waals surface area contributed by atoms with E-state index in [1.54, 1.807) is 17.8 Å². The number of carbonyl (C=O) groups is 1. The molecule has 6 heteroatoms. The molecule has 0 saturated carbocycles. The lowest BCUT2D eigenvalue weighted by Crippen LogP contribution is -2.13. The lowest BCUT2D eigenvalue weighted by atomic mass is 10.2. The van der Waals surface area contributed by atoms with Gasteiger partial charge in [-0.2, -0.15) is 0 Å². The van der Waals surface area contributed by atoms with E-state index in [4.69, 9.17) is 17.3 Å². The maximum Gasteiger partial charge on any atom is 0.255 e. The van der Waals surface area contributed by atoms with Gasteiger partial charge in [-0.05, 0) is 42.5 Å². The fourth-order valence-electron chi connectivity index (χ4n) is 1.70. The van der Waals surface area contributed by atoms with Crippen molar-refractivity contribution in [2.75, 3.05) is 16.8 Å². The summed E-state index contributed by atoms with van der Waals surface area (Å²) in [5.41, 5.74) is 7.56. The summed E-state index contributed by atoms with van der Waals surface area (Å²) < 4.78 is 0. The van der Waals surface area contributed by atoms with Crippen LogP contribution in [0.2, 0.25) is 5.15 Å². The maximum absolute atomic E-state index is 12.1. The Balaban J connectivity index is 2.10. The van der Waals surface area contributed by atoms with Gasteiger partial charge in [0.1, 0.15) is 5.15 Å². The highest BCUT2D eigenvalue weighted by Crippen LogP contribution is 2.27. The Morgan fingerprint density at radius 2 is 2.19 bits per heavy atom. The summed E-state index contributed by atoms with van der Waals surface area (Å²) in [6.45, 7) is 2.13. The second-order valence-corrected chi connectivity index (χ2v) is 5.97. The third-order valence-corrected chi connectivity index (χ3v) is 4.14. The lowest BCUT2D eigenvalue weighted by Gasteiger charge is -2.10. The van der Waals surface area contributed by atoms with E-state index < -0.39 is 0 Å². The van der Waals surface area contributed by atoms with Crippen LogP contribution in [-0.4, -0.2) is 16.6 Å². The van der Waals surface area contributed by atoms with Gasteiger partial charge in [0.25, 0.3) is 5.91 Å². The van der Waals surface area contributed by atoms with Crippen LogP contribution in [0.1, 0.15) is 23.7 Å². The second kappa shape index (κ2) is 7.33. The van der Waals surface area contributed by atoms with Gasteiger partial charge >= 0.3 is 0 Å². The summed E-state index contributed by atoms with van der Waals surface area (Å²) in [5.74, 6) is 0.778. The molecule has 110 valence electrons. The van der Waals surface area contributed by atoms with Crippen molar-refractivity contribution in [3.8, 4) is 0 Å². The zero-order chi connectivity index (χ0) is 15.2. The Hall–Kier alpha value is -1.72. The number of thioether (sulfide) groups is 1. The maximum atomic E-state index is 12.1. The van der Waals surface area contributed by atoms with E-state index in [-0.39, 0.29) is 11.1 Å². The number of benzene rings is 1. The van der Waals surface area contributed by atoms with Gasteiger partial charge in [0.15, 0.2) is 0 Å². The van der Waals surface area contributed by atoms with E-state index in [1.165, 1.54) is 12.3 Å². The van der Waals surface area contributed by atoms with Crippen molar-refractivity contribution in [1.29, 1.82) is 0 Å². The molecule has 0 saturated heterocycles. The smallest absolute Gasteiger partial charge is 0.255 e. The molecule has 4 nitrogen and oxygen atoms in total. The van der Waals surface area contributed by atoms with Gasteiger partial charge in [0, 0.05) is 16.7 Å². The Bertz CT molecular complexity index is 649. The topological polar surface area (TPSA) is 68.0 Å². The number of nitrogens with zero attached hydrogens (tertiary/aromatic N) is 1. The number of hydrogen-bond acceptors (Lipinski definition) is 4. The van der Waals surface area contributed by atoms with Crippen LogP contribution in [0.3, 0.4) is 0 Å². The van der Waals surface area contributed by atoms with Crippen LogP contribution in [-0.2, 0) is 0 Å². The number of pyridine rings is 1. The first-order valence-corrected chi connectivity index (χ1v) is 7.91. The Morgan fingerprint density at radius 1 is 1.38 bits per heavy atom. The molecule has 2 aromatic rings.